The highest BCUT2D eigenvalue weighted by atomic mass is 16.5. The largest absolute Gasteiger partial charge is 0.497 e. The number of aryl methyl sites for hydroxylation is 1. The van der Waals surface area contributed by atoms with Gasteiger partial charge in [-0.25, -0.2) is 0 Å². The Morgan fingerprint density at radius 1 is 1.48 bits per heavy atom. The van der Waals surface area contributed by atoms with E-state index >= 15 is 0 Å². The minimum atomic E-state index is 0.179. The van der Waals surface area contributed by atoms with Crippen LogP contribution in [-0.4, -0.2) is 32.1 Å². The first-order chi connectivity index (χ1) is 10.2. The Morgan fingerprint density at radius 3 is 3.10 bits per heavy atom. The van der Waals surface area contributed by atoms with Crippen molar-refractivity contribution in [3.05, 3.63) is 29.8 Å². The smallest absolute Gasteiger partial charge is 0.223 e. The lowest BCUT2D eigenvalue weighted by Crippen LogP contribution is -2.42. The molecule has 2 atom stereocenters. The molecule has 1 aliphatic heterocycles. The molecule has 0 saturated carbocycles. The average Bonchev–Trinajstić information content (AvgIpc) is 2.51. The second-order valence-electron chi connectivity index (χ2n) is 5.82. The molecule has 0 aliphatic carbocycles. The molecule has 1 heterocycles. The van der Waals surface area contributed by atoms with Gasteiger partial charge in [-0.15, -0.1) is 0 Å². The summed E-state index contributed by atoms with van der Waals surface area (Å²) in [6.45, 7) is 3.83. The van der Waals surface area contributed by atoms with Gasteiger partial charge in [0, 0.05) is 18.5 Å². The van der Waals surface area contributed by atoms with Crippen molar-refractivity contribution in [2.75, 3.05) is 20.2 Å². The van der Waals surface area contributed by atoms with Gasteiger partial charge in [0.15, 0.2) is 0 Å². The van der Waals surface area contributed by atoms with Crippen LogP contribution in [0.3, 0.4) is 0 Å². The highest BCUT2D eigenvalue weighted by Gasteiger charge is 2.24. The molecular weight excluding hydrogens is 264 g/mol. The molecule has 1 amide bonds. The lowest BCUT2D eigenvalue weighted by molar-refractivity contribution is -0.126. The van der Waals surface area contributed by atoms with Crippen molar-refractivity contribution < 1.29 is 9.53 Å². The minimum Gasteiger partial charge on any atom is -0.497 e. The minimum absolute atomic E-state index is 0.179. The van der Waals surface area contributed by atoms with Gasteiger partial charge in [-0.1, -0.05) is 12.1 Å². The molecule has 1 fully saturated rings. The van der Waals surface area contributed by atoms with Gasteiger partial charge in [0.2, 0.25) is 5.91 Å². The van der Waals surface area contributed by atoms with E-state index in [1.807, 2.05) is 12.1 Å². The Kier molecular flexibility index (Phi) is 6.05. The molecule has 0 radical (unpaired) electrons. The molecule has 2 N–H and O–H groups in total. The van der Waals surface area contributed by atoms with E-state index in [9.17, 15) is 4.79 Å². The van der Waals surface area contributed by atoms with Crippen molar-refractivity contribution in [1.82, 2.24) is 10.6 Å². The van der Waals surface area contributed by atoms with E-state index in [1.165, 1.54) is 5.56 Å². The molecule has 4 heteroatoms. The second kappa shape index (κ2) is 8.03. The predicted octanol–water partition coefficient (Wildman–Crippen LogP) is 2.13. The third-order valence-electron chi connectivity index (χ3n) is 4.07. The number of hydrogen-bond donors (Lipinski definition) is 2. The third-order valence-corrected chi connectivity index (χ3v) is 4.07. The Balaban J connectivity index is 1.68. The van der Waals surface area contributed by atoms with Gasteiger partial charge in [-0.05, 0) is 56.8 Å². The van der Waals surface area contributed by atoms with Gasteiger partial charge in [0.05, 0.1) is 7.11 Å². The summed E-state index contributed by atoms with van der Waals surface area (Å²) < 4.78 is 5.21. The number of amides is 1. The van der Waals surface area contributed by atoms with Crippen LogP contribution in [0.4, 0.5) is 0 Å². The number of nitrogens with one attached hydrogen (secondary N) is 2. The average molecular weight is 290 g/mol. The summed E-state index contributed by atoms with van der Waals surface area (Å²) >= 11 is 0. The van der Waals surface area contributed by atoms with E-state index in [-0.39, 0.29) is 11.8 Å². The highest BCUT2D eigenvalue weighted by molar-refractivity contribution is 5.78. The molecule has 0 unspecified atom stereocenters. The Hall–Kier alpha value is -1.55. The van der Waals surface area contributed by atoms with E-state index < -0.39 is 0 Å². The molecule has 0 spiro atoms. The number of carbonyl (C=O) groups excluding carboxylic acids is 1. The van der Waals surface area contributed by atoms with Crippen LogP contribution in [0.15, 0.2) is 24.3 Å². The number of ether oxygens (including phenoxy) is 1. The molecule has 0 bridgehead atoms. The molecule has 116 valence electrons. The summed E-state index contributed by atoms with van der Waals surface area (Å²) in [4.78, 5) is 12.1. The van der Waals surface area contributed by atoms with Crippen molar-refractivity contribution in [3.63, 3.8) is 0 Å². The standard InChI is InChI=1S/C17H26N2O2/c1-13-11-15(8-10-18-13)17(20)19-9-4-6-14-5-3-7-16(12-14)21-2/h3,5,7,12-13,15,18H,4,6,8-11H2,1-2H3,(H,19,20)/t13-,15-/m0/s1. The van der Waals surface area contributed by atoms with E-state index in [2.05, 4.69) is 29.7 Å². The quantitative estimate of drug-likeness (QED) is 0.789. The van der Waals surface area contributed by atoms with Gasteiger partial charge < -0.3 is 15.4 Å². The van der Waals surface area contributed by atoms with Crippen molar-refractivity contribution in [1.29, 1.82) is 0 Å². The van der Waals surface area contributed by atoms with Crippen LogP contribution in [0.5, 0.6) is 5.75 Å². The molecule has 1 saturated heterocycles. The maximum Gasteiger partial charge on any atom is 0.223 e. The van der Waals surface area contributed by atoms with Crippen molar-refractivity contribution in [3.8, 4) is 5.75 Å². The van der Waals surface area contributed by atoms with Crippen LogP contribution >= 0.6 is 0 Å². The van der Waals surface area contributed by atoms with E-state index in [0.29, 0.717) is 6.04 Å². The van der Waals surface area contributed by atoms with E-state index in [1.54, 1.807) is 7.11 Å². The van der Waals surface area contributed by atoms with Crippen LogP contribution in [0, 0.1) is 5.92 Å². The molecule has 1 aromatic carbocycles. The summed E-state index contributed by atoms with van der Waals surface area (Å²) in [7, 11) is 1.68. The maximum atomic E-state index is 12.1. The van der Waals surface area contributed by atoms with Crippen molar-refractivity contribution in [2.45, 2.75) is 38.6 Å². The van der Waals surface area contributed by atoms with Crippen LogP contribution in [0.2, 0.25) is 0 Å². The van der Waals surface area contributed by atoms with Crippen LogP contribution in [0.25, 0.3) is 0 Å². The number of hydrogen-bond acceptors (Lipinski definition) is 3. The van der Waals surface area contributed by atoms with Gasteiger partial charge in [0.1, 0.15) is 5.75 Å². The van der Waals surface area contributed by atoms with Crippen LogP contribution in [-0.2, 0) is 11.2 Å². The van der Waals surface area contributed by atoms with Gasteiger partial charge in [-0.2, -0.15) is 0 Å². The SMILES string of the molecule is COc1cccc(CCCNC(=O)[C@H]2CCN[C@@H](C)C2)c1. The number of piperidine rings is 1. The fourth-order valence-electron chi connectivity index (χ4n) is 2.85. The zero-order valence-electron chi connectivity index (χ0n) is 13.0. The van der Waals surface area contributed by atoms with E-state index in [0.717, 1.165) is 44.5 Å². The Labute approximate surface area is 127 Å². The summed E-state index contributed by atoms with van der Waals surface area (Å²) in [6, 6.07) is 8.55. The fourth-order valence-corrected chi connectivity index (χ4v) is 2.85. The fraction of sp³-hybridized carbons (Fsp3) is 0.588. The maximum absolute atomic E-state index is 12.1. The summed E-state index contributed by atoms with van der Waals surface area (Å²) in [5.41, 5.74) is 1.25. The third kappa shape index (κ3) is 5.05. The Morgan fingerprint density at radius 2 is 2.33 bits per heavy atom. The summed E-state index contributed by atoms with van der Waals surface area (Å²) in [5, 5.41) is 6.45. The Bertz CT molecular complexity index is 462. The van der Waals surface area contributed by atoms with Gasteiger partial charge >= 0.3 is 0 Å². The van der Waals surface area contributed by atoms with Crippen molar-refractivity contribution in [2.24, 2.45) is 5.92 Å². The molecule has 1 aliphatic rings. The lowest BCUT2D eigenvalue weighted by Gasteiger charge is -2.27. The van der Waals surface area contributed by atoms with Crippen LogP contribution in [0.1, 0.15) is 31.7 Å². The second-order valence-corrected chi connectivity index (χ2v) is 5.82. The highest BCUT2D eigenvalue weighted by Crippen LogP contribution is 2.16. The number of methoxy groups -OCH3 is 1. The molecule has 0 aromatic heterocycles. The van der Waals surface area contributed by atoms with Gasteiger partial charge in [0.25, 0.3) is 0 Å². The number of rotatable bonds is 6. The van der Waals surface area contributed by atoms with Crippen LogP contribution < -0.4 is 15.4 Å². The zero-order chi connectivity index (χ0) is 15.1. The first kappa shape index (κ1) is 15.8. The zero-order valence-corrected chi connectivity index (χ0v) is 13.0. The van der Waals surface area contributed by atoms with Crippen molar-refractivity contribution >= 4 is 5.91 Å². The molecule has 2 rings (SSSR count). The summed E-state index contributed by atoms with van der Waals surface area (Å²) in [5.74, 6) is 1.28. The molecule has 4 nitrogen and oxygen atoms in total. The topological polar surface area (TPSA) is 50.4 Å². The normalized spacial score (nSPS) is 21.8. The first-order valence-electron chi connectivity index (χ1n) is 7.83. The summed E-state index contributed by atoms with van der Waals surface area (Å²) in [6.07, 6.45) is 3.81. The number of carbonyl (C=O) groups is 1. The molecular formula is C17H26N2O2. The lowest BCUT2D eigenvalue weighted by atomic mass is 9.92. The van der Waals surface area contributed by atoms with E-state index in [4.69, 9.17) is 4.74 Å². The molecule has 1 aromatic rings. The monoisotopic (exact) mass is 290 g/mol. The predicted molar refractivity (Wildman–Crippen MR) is 84.5 cm³/mol. The van der Waals surface area contributed by atoms with Gasteiger partial charge in [-0.3, -0.25) is 4.79 Å². The number of benzene rings is 1. The first-order valence-corrected chi connectivity index (χ1v) is 7.83. The molecule has 21 heavy (non-hydrogen) atoms.